The third-order valence-corrected chi connectivity index (χ3v) is 5.01. The first-order chi connectivity index (χ1) is 14.5. The van der Waals surface area contributed by atoms with Crippen LogP contribution in [0.3, 0.4) is 0 Å². The Morgan fingerprint density at radius 3 is 2.00 bits per heavy atom. The van der Waals surface area contributed by atoms with Crippen LogP contribution in [0.4, 0.5) is 0 Å². The summed E-state index contributed by atoms with van der Waals surface area (Å²) in [6.07, 6.45) is 6.39. The Morgan fingerprint density at radius 2 is 1.40 bits per heavy atom. The van der Waals surface area contributed by atoms with Gasteiger partial charge in [-0.05, 0) is 43.0 Å². The van der Waals surface area contributed by atoms with Crippen LogP contribution >= 0.6 is 0 Å². The molecule has 0 bridgehead atoms. The fourth-order valence-corrected chi connectivity index (χ4v) is 3.21. The van der Waals surface area contributed by atoms with E-state index in [9.17, 15) is 9.59 Å². The van der Waals surface area contributed by atoms with E-state index in [0.29, 0.717) is 18.4 Å². The van der Waals surface area contributed by atoms with Crippen LogP contribution in [-0.4, -0.2) is 24.5 Å². The van der Waals surface area contributed by atoms with E-state index in [-0.39, 0.29) is 11.8 Å². The molecule has 0 aliphatic rings. The van der Waals surface area contributed by atoms with Crippen molar-refractivity contribution >= 4 is 11.8 Å². The zero-order chi connectivity index (χ0) is 21.8. The third kappa shape index (κ3) is 7.66. The van der Waals surface area contributed by atoms with Gasteiger partial charge in [-0.1, -0.05) is 75.9 Å². The maximum Gasteiger partial charge on any atom is 0.306 e. The zero-order valence-corrected chi connectivity index (χ0v) is 18.5. The highest BCUT2D eigenvalue weighted by atomic mass is 16.5. The molecule has 2 aromatic carbocycles. The molecule has 0 spiro atoms. The summed E-state index contributed by atoms with van der Waals surface area (Å²) in [6, 6.07) is 15.4. The number of carbonyl (C=O) groups excluding carboxylic acids is 2. The molecule has 0 aliphatic carbocycles. The second kappa shape index (κ2) is 12.8. The van der Waals surface area contributed by atoms with Gasteiger partial charge in [-0.25, -0.2) is 0 Å². The van der Waals surface area contributed by atoms with Crippen molar-refractivity contribution < 1.29 is 19.1 Å². The quantitative estimate of drug-likeness (QED) is 0.212. The first-order valence-electron chi connectivity index (χ1n) is 11.1. The van der Waals surface area contributed by atoms with Crippen molar-refractivity contribution in [3.63, 3.8) is 0 Å². The lowest BCUT2D eigenvalue weighted by molar-refractivity contribution is -0.146. The molecule has 4 heteroatoms. The summed E-state index contributed by atoms with van der Waals surface area (Å²) in [5, 5.41) is 0. The number of unbranched alkanes of at least 4 members (excludes halogenated alkanes) is 4. The van der Waals surface area contributed by atoms with Crippen molar-refractivity contribution in [1.82, 2.24) is 0 Å². The lowest BCUT2D eigenvalue weighted by Gasteiger charge is -2.12. The summed E-state index contributed by atoms with van der Waals surface area (Å²) in [5.41, 5.74) is 2.62. The molecule has 0 radical (unpaired) electrons. The van der Waals surface area contributed by atoms with Crippen LogP contribution in [-0.2, 0) is 9.53 Å². The zero-order valence-electron chi connectivity index (χ0n) is 18.5. The molecular formula is C26H34O4. The largest absolute Gasteiger partial charge is 0.494 e. The van der Waals surface area contributed by atoms with Gasteiger partial charge in [-0.2, -0.15) is 0 Å². The van der Waals surface area contributed by atoms with E-state index < -0.39 is 6.10 Å². The Labute approximate surface area is 180 Å². The number of esters is 1. The first-order valence-corrected chi connectivity index (χ1v) is 11.1. The first kappa shape index (κ1) is 23.7. The van der Waals surface area contributed by atoms with E-state index in [1.54, 1.807) is 19.1 Å². The van der Waals surface area contributed by atoms with Gasteiger partial charge < -0.3 is 9.47 Å². The van der Waals surface area contributed by atoms with Gasteiger partial charge in [-0.15, -0.1) is 0 Å². The van der Waals surface area contributed by atoms with Gasteiger partial charge in [0.2, 0.25) is 5.78 Å². The minimum Gasteiger partial charge on any atom is -0.494 e. The monoisotopic (exact) mass is 410 g/mol. The molecule has 0 saturated heterocycles. The molecule has 2 aromatic rings. The number of Topliss-reactive ketones (excluding diaryl/α,β-unsaturated/α-hetero) is 1. The van der Waals surface area contributed by atoms with Gasteiger partial charge in [-0.3, -0.25) is 9.59 Å². The van der Waals surface area contributed by atoms with E-state index in [2.05, 4.69) is 6.92 Å². The van der Waals surface area contributed by atoms with Crippen LogP contribution in [0.2, 0.25) is 0 Å². The molecule has 1 unspecified atom stereocenters. The smallest absolute Gasteiger partial charge is 0.306 e. The van der Waals surface area contributed by atoms with Crippen LogP contribution in [0.15, 0.2) is 48.5 Å². The predicted octanol–water partition coefficient (Wildman–Crippen LogP) is 6.62. The second-order valence-electron chi connectivity index (χ2n) is 7.61. The minimum absolute atomic E-state index is 0.186. The molecule has 1 atom stereocenters. The molecule has 30 heavy (non-hydrogen) atoms. The highest BCUT2D eigenvalue weighted by Crippen LogP contribution is 2.23. The van der Waals surface area contributed by atoms with E-state index in [0.717, 1.165) is 29.9 Å². The summed E-state index contributed by atoms with van der Waals surface area (Å²) >= 11 is 0. The van der Waals surface area contributed by atoms with Crippen LogP contribution < -0.4 is 4.74 Å². The topological polar surface area (TPSA) is 52.6 Å². The maximum atomic E-state index is 12.5. The van der Waals surface area contributed by atoms with Crippen molar-refractivity contribution in [3.8, 4) is 16.9 Å². The van der Waals surface area contributed by atoms with Crippen molar-refractivity contribution in [2.75, 3.05) is 6.61 Å². The molecule has 0 saturated carbocycles. The Morgan fingerprint density at radius 1 is 0.800 bits per heavy atom. The Kier molecular flexibility index (Phi) is 10.1. The SMILES string of the molecule is CCCCCCCOc1ccc(-c2ccc(C(=O)C(C)OC(=O)CCC)cc2)cc1. The number of hydrogen-bond donors (Lipinski definition) is 0. The van der Waals surface area contributed by atoms with Gasteiger partial charge in [0.25, 0.3) is 0 Å². The van der Waals surface area contributed by atoms with E-state index in [1.807, 2.05) is 43.3 Å². The van der Waals surface area contributed by atoms with E-state index in [4.69, 9.17) is 9.47 Å². The van der Waals surface area contributed by atoms with Crippen molar-refractivity contribution in [2.45, 2.75) is 71.8 Å². The highest BCUT2D eigenvalue weighted by Gasteiger charge is 2.19. The molecule has 4 nitrogen and oxygen atoms in total. The highest BCUT2D eigenvalue weighted by molar-refractivity contribution is 6.00. The Bertz CT molecular complexity index is 778. The molecule has 0 amide bonds. The molecular weight excluding hydrogens is 376 g/mol. The van der Waals surface area contributed by atoms with Gasteiger partial charge >= 0.3 is 5.97 Å². The predicted molar refractivity (Wildman–Crippen MR) is 121 cm³/mol. The third-order valence-electron chi connectivity index (χ3n) is 5.01. The van der Waals surface area contributed by atoms with E-state index >= 15 is 0 Å². The molecule has 0 N–H and O–H groups in total. The number of carbonyl (C=O) groups is 2. The van der Waals surface area contributed by atoms with Gasteiger partial charge in [0, 0.05) is 12.0 Å². The van der Waals surface area contributed by atoms with Crippen LogP contribution in [0.25, 0.3) is 11.1 Å². The fraction of sp³-hybridized carbons (Fsp3) is 0.462. The lowest BCUT2D eigenvalue weighted by Crippen LogP contribution is -2.24. The summed E-state index contributed by atoms with van der Waals surface area (Å²) in [4.78, 5) is 24.1. The van der Waals surface area contributed by atoms with Gasteiger partial charge in [0.1, 0.15) is 5.75 Å². The normalized spacial score (nSPS) is 11.7. The molecule has 2 rings (SSSR count). The maximum absolute atomic E-state index is 12.5. The molecule has 0 aliphatic heterocycles. The minimum atomic E-state index is -0.770. The van der Waals surface area contributed by atoms with E-state index in [1.165, 1.54) is 25.7 Å². The summed E-state index contributed by atoms with van der Waals surface area (Å²) in [7, 11) is 0. The van der Waals surface area contributed by atoms with Crippen LogP contribution in [0.5, 0.6) is 5.75 Å². The molecule has 0 aromatic heterocycles. The fourth-order valence-electron chi connectivity index (χ4n) is 3.21. The van der Waals surface area contributed by atoms with Crippen LogP contribution in [0, 0.1) is 0 Å². The molecule has 0 fully saturated rings. The number of ether oxygens (including phenoxy) is 2. The summed E-state index contributed by atoms with van der Waals surface area (Å²) in [6.45, 7) is 6.49. The summed E-state index contributed by atoms with van der Waals surface area (Å²) in [5.74, 6) is 0.357. The van der Waals surface area contributed by atoms with Crippen molar-refractivity contribution in [2.24, 2.45) is 0 Å². The van der Waals surface area contributed by atoms with Gasteiger partial charge in [0.15, 0.2) is 6.10 Å². The van der Waals surface area contributed by atoms with Crippen LogP contribution in [0.1, 0.15) is 76.1 Å². The van der Waals surface area contributed by atoms with Gasteiger partial charge in [0.05, 0.1) is 6.61 Å². The number of rotatable bonds is 13. The summed E-state index contributed by atoms with van der Waals surface area (Å²) < 4.78 is 11.0. The average molecular weight is 411 g/mol. The number of ketones is 1. The molecule has 0 heterocycles. The number of hydrogen-bond acceptors (Lipinski definition) is 4. The molecule has 162 valence electrons. The Balaban J connectivity index is 1.88. The van der Waals surface area contributed by atoms with Crippen molar-refractivity contribution in [1.29, 1.82) is 0 Å². The second-order valence-corrected chi connectivity index (χ2v) is 7.61. The standard InChI is InChI=1S/C26H34O4/c1-4-6-7-8-9-19-29-24-17-15-22(16-18-24)21-11-13-23(14-12-21)26(28)20(3)30-25(27)10-5-2/h11-18,20H,4-10,19H2,1-3H3. The Hall–Kier alpha value is -2.62. The number of benzene rings is 2. The van der Waals surface area contributed by atoms with Crippen molar-refractivity contribution in [3.05, 3.63) is 54.1 Å². The lowest BCUT2D eigenvalue weighted by atomic mass is 10.0. The average Bonchev–Trinajstić information content (AvgIpc) is 2.76.